The third kappa shape index (κ3) is 8.78. The van der Waals surface area contributed by atoms with Gasteiger partial charge in [-0.25, -0.2) is 8.42 Å². The lowest BCUT2D eigenvalue weighted by Gasteiger charge is -2.34. The van der Waals surface area contributed by atoms with E-state index in [-0.39, 0.29) is 41.8 Å². The number of sulfonamides is 1. The smallest absolute Gasteiger partial charge is 0.264 e. The Morgan fingerprint density at radius 2 is 1.49 bits per heavy atom. The standard InChI is InChI=1S/C34H35Cl2N3O5S/c1-3-37-34(41)31(22-25-11-6-5-7-12-25)38(23-26-13-10-14-28(36)21-26)33(40)24-39(30-15-8-9-16-32(30)44-4-2)45(42,43)29-19-17-27(35)18-20-29/h5-21,31H,3-4,22-24H2,1-2H3,(H,37,41)/t31-/m1/s1. The van der Waals surface area contributed by atoms with Gasteiger partial charge in [0.1, 0.15) is 18.3 Å². The lowest BCUT2D eigenvalue weighted by molar-refractivity contribution is -0.140. The van der Waals surface area contributed by atoms with Gasteiger partial charge in [0.2, 0.25) is 11.8 Å². The lowest BCUT2D eigenvalue weighted by Crippen LogP contribution is -2.53. The fraction of sp³-hybridized carbons (Fsp3) is 0.235. The molecule has 0 aliphatic rings. The van der Waals surface area contributed by atoms with Gasteiger partial charge in [-0.15, -0.1) is 0 Å². The van der Waals surface area contributed by atoms with E-state index in [4.69, 9.17) is 27.9 Å². The molecular weight excluding hydrogens is 633 g/mol. The molecular formula is C34H35Cl2N3O5S. The van der Waals surface area contributed by atoms with E-state index in [0.717, 1.165) is 9.87 Å². The molecule has 4 aromatic carbocycles. The third-order valence-electron chi connectivity index (χ3n) is 6.98. The molecule has 1 atom stereocenters. The molecule has 2 amide bonds. The summed E-state index contributed by atoms with van der Waals surface area (Å²) in [4.78, 5) is 29.5. The minimum Gasteiger partial charge on any atom is -0.492 e. The van der Waals surface area contributed by atoms with Gasteiger partial charge in [-0.3, -0.25) is 13.9 Å². The van der Waals surface area contributed by atoms with Crippen molar-refractivity contribution < 1.29 is 22.7 Å². The summed E-state index contributed by atoms with van der Waals surface area (Å²) in [5.41, 5.74) is 1.70. The molecule has 45 heavy (non-hydrogen) atoms. The largest absolute Gasteiger partial charge is 0.492 e. The number of rotatable bonds is 14. The minimum absolute atomic E-state index is 0.00989. The Balaban J connectivity index is 1.83. The molecule has 4 aromatic rings. The molecule has 0 fully saturated rings. The average Bonchev–Trinajstić information content (AvgIpc) is 3.03. The number of hydrogen-bond acceptors (Lipinski definition) is 5. The van der Waals surface area contributed by atoms with Crippen molar-refractivity contribution in [2.24, 2.45) is 0 Å². The molecule has 4 rings (SSSR count). The molecule has 8 nitrogen and oxygen atoms in total. The maximum absolute atomic E-state index is 14.5. The highest BCUT2D eigenvalue weighted by molar-refractivity contribution is 7.92. The maximum atomic E-state index is 14.5. The average molecular weight is 669 g/mol. The van der Waals surface area contributed by atoms with Gasteiger partial charge in [0, 0.05) is 29.6 Å². The summed E-state index contributed by atoms with van der Waals surface area (Å²) in [7, 11) is -4.31. The number of likely N-dealkylation sites (N-methyl/N-ethyl adjacent to an activating group) is 1. The number of hydrogen-bond donors (Lipinski definition) is 1. The fourth-order valence-electron chi connectivity index (χ4n) is 4.87. The maximum Gasteiger partial charge on any atom is 0.264 e. The molecule has 236 valence electrons. The normalized spacial score (nSPS) is 11.8. The zero-order valence-corrected chi connectivity index (χ0v) is 27.4. The van der Waals surface area contributed by atoms with Crippen LogP contribution in [-0.4, -0.2) is 50.9 Å². The number of nitrogens with one attached hydrogen (secondary N) is 1. The molecule has 0 aliphatic heterocycles. The van der Waals surface area contributed by atoms with Crippen molar-refractivity contribution in [2.45, 2.75) is 37.8 Å². The van der Waals surface area contributed by atoms with Crippen LogP contribution in [0, 0.1) is 0 Å². The van der Waals surface area contributed by atoms with Crippen LogP contribution in [0.4, 0.5) is 5.69 Å². The van der Waals surface area contributed by atoms with E-state index in [1.54, 1.807) is 62.4 Å². The van der Waals surface area contributed by atoms with Gasteiger partial charge in [0.05, 0.1) is 17.2 Å². The topological polar surface area (TPSA) is 96.0 Å². The summed E-state index contributed by atoms with van der Waals surface area (Å²) in [6.07, 6.45) is 0.207. The number of ether oxygens (including phenoxy) is 1. The Bertz CT molecular complexity index is 1700. The molecule has 1 N–H and O–H groups in total. The summed E-state index contributed by atoms with van der Waals surface area (Å²) in [6, 6.07) is 27.7. The summed E-state index contributed by atoms with van der Waals surface area (Å²) < 4.78 is 35.2. The first-order chi connectivity index (χ1) is 21.6. The molecule has 0 unspecified atom stereocenters. The number of halogens is 2. The van der Waals surface area contributed by atoms with Gasteiger partial charge in [-0.2, -0.15) is 0 Å². The quantitative estimate of drug-likeness (QED) is 0.169. The van der Waals surface area contributed by atoms with Crippen molar-refractivity contribution in [3.63, 3.8) is 0 Å². The zero-order valence-electron chi connectivity index (χ0n) is 25.0. The second kappa shape index (κ2) is 15.8. The third-order valence-corrected chi connectivity index (χ3v) is 9.24. The lowest BCUT2D eigenvalue weighted by atomic mass is 10.0. The van der Waals surface area contributed by atoms with E-state index in [1.807, 2.05) is 30.3 Å². The van der Waals surface area contributed by atoms with E-state index in [9.17, 15) is 18.0 Å². The van der Waals surface area contributed by atoms with Gasteiger partial charge in [0.25, 0.3) is 10.0 Å². The van der Waals surface area contributed by atoms with Gasteiger partial charge in [0.15, 0.2) is 0 Å². The highest BCUT2D eigenvalue weighted by Crippen LogP contribution is 2.33. The molecule has 11 heteroatoms. The first-order valence-electron chi connectivity index (χ1n) is 14.5. The van der Waals surface area contributed by atoms with Gasteiger partial charge in [-0.1, -0.05) is 77.8 Å². The van der Waals surface area contributed by atoms with Crippen molar-refractivity contribution in [3.05, 3.63) is 124 Å². The number of benzene rings is 4. The van der Waals surface area contributed by atoms with Crippen LogP contribution in [0.2, 0.25) is 10.0 Å². The van der Waals surface area contributed by atoms with Crippen LogP contribution < -0.4 is 14.4 Å². The van der Waals surface area contributed by atoms with Crippen molar-refractivity contribution in [3.8, 4) is 5.75 Å². The fourth-order valence-corrected chi connectivity index (χ4v) is 6.63. The van der Waals surface area contributed by atoms with Gasteiger partial charge >= 0.3 is 0 Å². The highest BCUT2D eigenvalue weighted by atomic mass is 35.5. The van der Waals surface area contributed by atoms with E-state index in [1.165, 1.54) is 29.2 Å². The molecule has 0 saturated heterocycles. The Morgan fingerprint density at radius 3 is 2.16 bits per heavy atom. The zero-order chi connectivity index (χ0) is 32.4. The molecule has 0 heterocycles. The highest BCUT2D eigenvalue weighted by Gasteiger charge is 2.35. The van der Waals surface area contributed by atoms with Crippen molar-refractivity contribution in [1.29, 1.82) is 0 Å². The number of amides is 2. The second-order valence-electron chi connectivity index (χ2n) is 10.1. The summed E-state index contributed by atoms with van der Waals surface area (Å²) in [6.45, 7) is 3.61. The van der Waals surface area contributed by atoms with Crippen LogP contribution in [0.15, 0.2) is 108 Å². The first kappa shape index (κ1) is 33.8. The molecule has 0 bridgehead atoms. The van der Waals surface area contributed by atoms with Gasteiger partial charge < -0.3 is 15.0 Å². The van der Waals surface area contributed by atoms with Crippen LogP contribution in [0.5, 0.6) is 5.75 Å². The second-order valence-corrected chi connectivity index (χ2v) is 12.9. The predicted octanol–water partition coefficient (Wildman–Crippen LogP) is 6.36. The van der Waals surface area contributed by atoms with Crippen molar-refractivity contribution >= 4 is 50.7 Å². The number of para-hydroxylation sites is 2. The Hall–Kier alpha value is -4.05. The van der Waals surface area contributed by atoms with Crippen LogP contribution in [0.3, 0.4) is 0 Å². The molecule has 0 aromatic heterocycles. The summed E-state index contributed by atoms with van der Waals surface area (Å²) in [5.74, 6) is -0.666. The minimum atomic E-state index is -4.31. The monoisotopic (exact) mass is 667 g/mol. The molecule has 0 aliphatic carbocycles. The van der Waals surface area contributed by atoms with Crippen LogP contribution in [0.1, 0.15) is 25.0 Å². The van der Waals surface area contributed by atoms with Crippen molar-refractivity contribution in [2.75, 3.05) is 24.0 Å². The Labute approximate surface area is 274 Å². The SMILES string of the molecule is CCNC(=O)[C@@H](Cc1ccccc1)N(Cc1cccc(Cl)c1)C(=O)CN(c1ccccc1OCC)S(=O)(=O)c1ccc(Cl)cc1. The predicted molar refractivity (Wildman–Crippen MR) is 178 cm³/mol. The number of nitrogens with zero attached hydrogens (tertiary/aromatic N) is 2. The van der Waals surface area contributed by atoms with E-state index >= 15 is 0 Å². The van der Waals surface area contributed by atoms with E-state index in [2.05, 4.69) is 5.32 Å². The number of anilines is 1. The van der Waals surface area contributed by atoms with E-state index < -0.39 is 28.5 Å². The molecule has 0 spiro atoms. The van der Waals surface area contributed by atoms with Crippen LogP contribution in [-0.2, 0) is 32.6 Å². The Morgan fingerprint density at radius 1 is 0.822 bits per heavy atom. The summed E-state index contributed by atoms with van der Waals surface area (Å²) >= 11 is 12.3. The van der Waals surface area contributed by atoms with E-state index in [0.29, 0.717) is 22.2 Å². The first-order valence-corrected chi connectivity index (χ1v) is 16.7. The number of carbonyl (C=O) groups excluding carboxylic acids is 2. The molecule has 0 radical (unpaired) electrons. The van der Waals surface area contributed by atoms with Gasteiger partial charge in [-0.05, 0) is 73.5 Å². The van der Waals surface area contributed by atoms with Crippen molar-refractivity contribution in [1.82, 2.24) is 10.2 Å². The summed E-state index contributed by atoms with van der Waals surface area (Å²) in [5, 5.41) is 3.68. The Kier molecular flexibility index (Phi) is 11.9. The number of carbonyl (C=O) groups is 2. The van der Waals surface area contributed by atoms with Crippen LogP contribution in [0.25, 0.3) is 0 Å². The molecule has 0 saturated carbocycles. The van der Waals surface area contributed by atoms with Crippen LogP contribution >= 0.6 is 23.2 Å².